The molecule has 0 saturated carbocycles. The van der Waals surface area contributed by atoms with Crippen molar-refractivity contribution in [2.75, 3.05) is 5.73 Å². The number of aromatic nitrogens is 1. The molecule has 0 aliphatic carbocycles. The number of nitrogen functional groups attached to an aromatic ring is 1. The van der Waals surface area contributed by atoms with Gasteiger partial charge in [-0.3, -0.25) is 0 Å². The Morgan fingerprint density at radius 2 is 2.33 bits per heavy atom. The highest BCUT2D eigenvalue weighted by atomic mass is 32.2. The van der Waals surface area contributed by atoms with Crippen LogP contribution in [0.1, 0.15) is 24.4 Å². The number of hydrogen-bond donors (Lipinski definition) is 2. The fraction of sp³-hybridized carbons (Fsp3) is 0.167. The molecule has 2 unspecified atom stereocenters. The summed E-state index contributed by atoms with van der Waals surface area (Å²) in [5.41, 5.74) is 8.32. The van der Waals surface area contributed by atoms with E-state index in [-0.39, 0.29) is 6.04 Å². The van der Waals surface area contributed by atoms with Crippen LogP contribution in [-0.2, 0) is 11.0 Å². The van der Waals surface area contributed by atoms with Crippen molar-refractivity contribution in [3.8, 4) is 0 Å². The molecular formula is C18H21N3OS2. The van der Waals surface area contributed by atoms with Gasteiger partial charge in [0.25, 0.3) is 0 Å². The van der Waals surface area contributed by atoms with Crippen LogP contribution in [0.3, 0.4) is 0 Å². The summed E-state index contributed by atoms with van der Waals surface area (Å²) in [4.78, 5) is 5.00. The van der Waals surface area contributed by atoms with Crippen LogP contribution in [-0.4, -0.2) is 9.19 Å². The molecule has 0 spiro atoms. The molecule has 24 heavy (non-hydrogen) atoms. The van der Waals surface area contributed by atoms with Crippen LogP contribution in [0, 0.1) is 0 Å². The molecule has 2 rings (SSSR count). The average molecular weight is 360 g/mol. The second kappa shape index (κ2) is 8.73. The summed E-state index contributed by atoms with van der Waals surface area (Å²) in [7, 11) is -1.39. The number of thiazole rings is 1. The summed E-state index contributed by atoms with van der Waals surface area (Å²) in [6.45, 7) is 9.68. The van der Waals surface area contributed by atoms with Crippen LogP contribution in [0.25, 0.3) is 0 Å². The van der Waals surface area contributed by atoms with Crippen LogP contribution in [0.2, 0.25) is 0 Å². The Bertz CT molecular complexity index is 766. The quantitative estimate of drug-likeness (QED) is 0.549. The Morgan fingerprint density at radius 1 is 1.54 bits per heavy atom. The molecule has 0 bridgehead atoms. The molecule has 0 aliphatic rings. The van der Waals surface area contributed by atoms with E-state index in [0.717, 1.165) is 16.2 Å². The number of anilines is 1. The Morgan fingerprint density at radius 3 is 2.92 bits per heavy atom. The molecule has 0 amide bonds. The topological polar surface area (TPSA) is 68.0 Å². The van der Waals surface area contributed by atoms with Gasteiger partial charge >= 0.3 is 0 Å². The van der Waals surface area contributed by atoms with Crippen molar-refractivity contribution >= 4 is 28.0 Å². The first-order valence-electron chi connectivity index (χ1n) is 7.41. The molecular weight excluding hydrogens is 338 g/mol. The third-order valence-corrected chi connectivity index (χ3v) is 5.27. The van der Waals surface area contributed by atoms with Crippen molar-refractivity contribution < 1.29 is 4.21 Å². The highest BCUT2D eigenvalue weighted by molar-refractivity contribution is 7.83. The van der Waals surface area contributed by atoms with Gasteiger partial charge in [0, 0.05) is 17.3 Å². The van der Waals surface area contributed by atoms with Gasteiger partial charge in [0.1, 0.15) is 16.0 Å². The maximum atomic E-state index is 12.7. The van der Waals surface area contributed by atoms with Crippen LogP contribution in [0.15, 0.2) is 77.2 Å². The molecule has 3 N–H and O–H groups in total. The highest BCUT2D eigenvalue weighted by Crippen LogP contribution is 2.25. The molecule has 2 atom stereocenters. The zero-order valence-electron chi connectivity index (χ0n) is 13.6. The maximum absolute atomic E-state index is 12.7. The summed E-state index contributed by atoms with van der Waals surface area (Å²) >= 11 is 1.53. The van der Waals surface area contributed by atoms with Crippen molar-refractivity contribution in [3.63, 3.8) is 0 Å². The Hall–Kier alpha value is -2.02. The molecule has 0 aliphatic heterocycles. The van der Waals surface area contributed by atoms with E-state index in [1.165, 1.54) is 11.3 Å². The lowest BCUT2D eigenvalue weighted by Gasteiger charge is -2.17. The maximum Gasteiger partial charge on any atom is 0.125 e. The SMILES string of the molecule is C=C/C(=C\C(=C)C)CC(NS(=O)c1cccc(N)c1)c1nccs1. The normalized spacial score (nSPS) is 14.1. The van der Waals surface area contributed by atoms with Crippen molar-refractivity contribution in [2.45, 2.75) is 24.3 Å². The number of hydrogen-bond acceptors (Lipinski definition) is 4. The molecule has 1 heterocycles. The van der Waals surface area contributed by atoms with Crippen molar-refractivity contribution in [1.82, 2.24) is 9.71 Å². The smallest absolute Gasteiger partial charge is 0.125 e. The molecule has 0 radical (unpaired) electrons. The van der Waals surface area contributed by atoms with E-state index in [1.807, 2.05) is 18.4 Å². The molecule has 4 nitrogen and oxygen atoms in total. The summed E-state index contributed by atoms with van der Waals surface area (Å²) in [6.07, 6.45) is 6.13. The molecule has 0 saturated heterocycles. The number of nitrogens with zero attached hydrogens (tertiary/aromatic N) is 1. The first kappa shape index (κ1) is 18.3. The number of benzene rings is 1. The summed E-state index contributed by atoms with van der Waals surface area (Å²) in [5.74, 6) is 0. The lowest BCUT2D eigenvalue weighted by Crippen LogP contribution is -2.24. The fourth-order valence-corrected chi connectivity index (χ4v) is 3.97. The minimum Gasteiger partial charge on any atom is -0.399 e. The monoisotopic (exact) mass is 359 g/mol. The van der Waals surface area contributed by atoms with Gasteiger partial charge in [0.05, 0.1) is 10.9 Å². The van der Waals surface area contributed by atoms with Gasteiger partial charge in [-0.05, 0) is 37.1 Å². The fourth-order valence-electron chi connectivity index (χ4n) is 2.17. The minimum absolute atomic E-state index is 0.184. The van der Waals surface area contributed by atoms with Gasteiger partial charge < -0.3 is 5.73 Å². The van der Waals surface area contributed by atoms with Crippen LogP contribution in [0.5, 0.6) is 0 Å². The molecule has 1 aromatic heterocycles. The van der Waals surface area contributed by atoms with Gasteiger partial charge in [-0.25, -0.2) is 13.9 Å². The van der Waals surface area contributed by atoms with E-state index in [0.29, 0.717) is 17.0 Å². The Balaban J connectivity index is 2.22. The van der Waals surface area contributed by atoms with Gasteiger partial charge in [-0.1, -0.05) is 36.9 Å². The second-order valence-electron chi connectivity index (χ2n) is 5.36. The standard InChI is InChI=1S/C18H21N3OS2/c1-4-14(10-13(2)3)11-17(18-20-8-9-23-18)21-24(22)16-7-5-6-15(19)12-16/h4-10,12,17,21H,1-2,11,19H2,3H3/b14-10+. The molecule has 126 valence electrons. The van der Waals surface area contributed by atoms with E-state index in [9.17, 15) is 4.21 Å². The Kier molecular flexibility index (Phi) is 6.66. The predicted octanol–water partition coefficient (Wildman–Crippen LogP) is 4.16. The van der Waals surface area contributed by atoms with Crippen molar-refractivity contribution in [3.05, 3.63) is 77.3 Å². The number of nitrogens with one attached hydrogen (secondary N) is 1. The zero-order valence-corrected chi connectivity index (χ0v) is 15.2. The van der Waals surface area contributed by atoms with E-state index >= 15 is 0 Å². The second-order valence-corrected chi connectivity index (χ2v) is 7.53. The molecule has 1 aromatic carbocycles. The van der Waals surface area contributed by atoms with E-state index in [1.54, 1.807) is 36.5 Å². The van der Waals surface area contributed by atoms with Crippen molar-refractivity contribution in [1.29, 1.82) is 0 Å². The first-order chi connectivity index (χ1) is 11.5. The predicted molar refractivity (Wildman–Crippen MR) is 103 cm³/mol. The van der Waals surface area contributed by atoms with E-state index in [4.69, 9.17) is 5.73 Å². The summed E-state index contributed by atoms with van der Waals surface area (Å²) in [6, 6.07) is 6.87. The molecule has 6 heteroatoms. The van der Waals surface area contributed by atoms with Crippen LogP contribution >= 0.6 is 11.3 Å². The minimum atomic E-state index is -1.39. The molecule has 0 fully saturated rings. The van der Waals surface area contributed by atoms with Gasteiger partial charge in [0.15, 0.2) is 0 Å². The van der Waals surface area contributed by atoms with Gasteiger partial charge in [-0.2, -0.15) is 0 Å². The van der Waals surface area contributed by atoms with E-state index in [2.05, 4.69) is 22.9 Å². The lowest BCUT2D eigenvalue weighted by atomic mass is 10.1. The first-order valence-corrected chi connectivity index (χ1v) is 9.44. The van der Waals surface area contributed by atoms with Crippen LogP contribution < -0.4 is 10.5 Å². The third-order valence-electron chi connectivity index (χ3n) is 3.20. The third kappa shape index (κ3) is 5.26. The van der Waals surface area contributed by atoms with Gasteiger partial charge in [0.2, 0.25) is 0 Å². The van der Waals surface area contributed by atoms with Crippen LogP contribution in [0.4, 0.5) is 5.69 Å². The highest BCUT2D eigenvalue weighted by Gasteiger charge is 2.18. The lowest BCUT2D eigenvalue weighted by molar-refractivity contribution is 0.623. The number of nitrogens with two attached hydrogens (primary N) is 1. The average Bonchev–Trinajstić information content (AvgIpc) is 3.07. The summed E-state index contributed by atoms with van der Waals surface area (Å²) in [5, 5.41) is 2.78. The van der Waals surface area contributed by atoms with Crippen molar-refractivity contribution in [2.24, 2.45) is 0 Å². The molecule has 2 aromatic rings. The number of allylic oxidation sites excluding steroid dienone is 3. The zero-order chi connectivity index (χ0) is 17.5. The Labute approximate surface area is 149 Å². The number of rotatable bonds is 8. The van der Waals surface area contributed by atoms with Gasteiger partial charge in [-0.15, -0.1) is 11.3 Å². The van der Waals surface area contributed by atoms with E-state index < -0.39 is 11.0 Å². The largest absolute Gasteiger partial charge is 0.399 e. The summed E-state index contributed by atoms with van der Waals surface area (Å²) < 4.78 is 15.8.